The van der Waals surface area contributed by atoms with Gasteiger partial charge in [-0.25, -0.2) is 19.9 Å². The Morgan fingerprint density at radius 1 is 0.160 bits per heavy atom. The third-order valence-electron chi connectivity index (χ3n) is 18.8. The van der Waals surface area contributed by atoms with E-state index < -0.39 is 0 Å². The van der Waals surface area contributed by atoms with Gasteiger partial charge >= 0.3 is 0 Å². The number of pyridine rings is 8. The highest BCUT2D eigenvalue weighted by Crippen LogP contribution is 2.42. The number of hydrogen-bond donors (Lipinski definition) is 0. The van der Waals surface area contributed by atoms with Crippen molar-refractivity contribution >= 4 is 76.2 Å². The van der Waals surface area contributed by atoms with Crippen molar-refractivity contribution < 1.29 is 0 Å². The quantitative estimate of drug-likeness (QED) is 0.0985. The van der Waals surface area contributed by atoms with Crippen molar-refractivity contribution in [3.05, 3.63) is 352 Å². The fraction of sp³-hybridized carbons (Fsp3) is 0. The lowest BCUT2D eigenvalue weighted by molar-refractivity contribution is 1.31. The van der Waals surface area contributed by atoms with Gasteiger partial charge in [0, 0.05) is 102 Å². The van der Waals surface area contributed by atoms with Gasteiger partial charge in [0.05, 0.1) is 67.3 Å². The summed E-state index contributed by atoms with van der Waals surface area (Å²) in [4.78, 5) is 39.4. The fourth-order valence-corrected chi connectivity index (χ4v) is 14.0. The first-order valence-corrected chi connectivity index (χ1v) is 33.5. The Hall–Kier alpha value is -13.6. The van der Waals surface area contributed by atoms with Crippen LogP contribution in [0.5, 0.6) is 0 Å². The molecule has 11 aromatic carbocycles. The van der Waals surface area contributed by atoms with Crippen molar-refractivity contribution in [2.75, 3.05) is 0 Å². The zero-order chi connectivity index (χ0) is 66.3. The molecule has 0 saturated carbocycles. The second-order valence-electron chi connectivity index (χ2n) is 25.0. The third kappa shape index (κ3) is 11.3. The Labute approximate surface area is 577 Å². The average molecular weight is 1280 g/mol. The summed E-state index contributed by atoms with van der Waals surface area (Å²) < 4.78 is 0. The molecule has 0 aliphatic rings. The molecule has 8 heteroatoms. The number of nitrogens with zero attached hydrogens (tertiary/aromatic N) is 8. The molecule has 8 heterocycles. The summed E-state index contributed by atoms with van der Waals surface area (Å²) in [6, 6.07) is 114. The molecule has 0 saturated heterocycles. The van der Waals surface area contributed by atoms with E-state index >= 15 is 0 Å². The van der Waals surface area contributed by atoms with Crippen molar-refractivity contribution in [2.45, 2.75) is 0 Å². The zero-order valence-electron chi connectivity index (χ0n) is 54.1. The van der Waals surface area contributed by atoms with Crippen molar-refractivity contribution in [2.24, 2.45) is 0 Å². The highest BCUT2D eigenvalue weighted by molar-refractivity contribution is 6.18. The van der Waals surface area contributed by atoms with Crippen LogP contribution in [0.3, 0.4) is 0 Å². The van der Waals surface area contributed by atoms with E-state index in [2.05, 4.69) is 269 Å². The molecule has 0 aliphatic heterocycles. The Kier molecular flexibility index (Phi) is 15.1. The van der Waals surface area contributed by atoms with Gasteiger partial charge in [0.2, 0.25) is 0 Å². The molecule has 0 unspecified atom stereocenters. The van der Waals surface area contributed by atoms with Crippen LogP contribution in [-0.4, -0.2) is 39.9 Å². The smallest absolute Gasteiger partial charge is 0.0978 e. The van der Waals surface area contributed by atoms with Gasteiger partial charge < -0.3 is 0 Å². The predicted molar refractivity (Wildman–Crippen MR) is 412 cm³/mol. The molecule has 19 rings (SSSR count). The normalized spacial score (nSPS) is 11.4. The molecular formula is C92H58N8. The van der Waals surface area contributed by atoms with Gasteiger partial charge in [-0.2, -0.15) is 0 Å². The molecule has 19 aromatic rings. The monoisotopic (exact) mass is 1270 g/mol. The zero-order valence-corrected chi connectivity index (χ0v) is 54.1. The molecule has 0 amide bonds. The van der Waals surface area contributed by atoms with Gasteiger partial charge in [0.1, 0.15) is 0 Å². The number of fused-ring (bicyclic) bond motifs is 9. The summed E-state index contributed by atoms with van der Waals surface area (Å²) in [5, 5.41) is 8.94. The summed E-state index contributed by atoms with van der Waals surface area (Å²) >= 11 is 0. The molecule has 0 spiro atoms. The maximum absolute atomic E-state index is 5.29. The van der Waals surface area contributed by atoms with E-state index in [-0.39, 0.29) is 0 Å². The molecule has 0 aliphatic carbocycles. The average Bonchev–Trinajstić information content (AvgIpc) is 0.747. The topological polar surface area (TPSA) is 103 Å². The van der Waals surface area contributed by atoms with Gasteiger partial charge in [-0.05, 0) is 165 Å². The number of benzene rings is 11. The van der Waals surface area contributed by atoms with E-state index in [0.29, 0.717) is 0 Å². The van der Waals surface area contributed by atoms with Crippen LogP contribution in [0.2, 0.25) is 0 Å². The second kappa shape index (κ2) is 25.5. The first-order valence-electron chi connectivity index (χ1n) is 33.5. The van der Waals surface area contributed by atoms with Crippen LogP contribution < -0.4 is 0 Å². The number of aromatic nitrogens is 8. The minimum absolute atomic E-state index is 0.903. The second-order valence-corrected chi connectivity index (χ2v) is 25.0. The van der Waals surface area contributed by atoms with Crippen LogP contribution in [0, 0.1) is 0 Å². The van der Waals surface area contributed by atoms with Crippen molar-refractivity contribution in [1.82, 2.24) is 39.9 Å². The molecule has 0 N–H and O–H groups in total. The van der Waals surface area contributed by atoms with Crippen LogP contribution >= 0.6 is 0 Å². The molecule has 0 atom stereocenters. The van der Waals surface area contributed by atoms with Crippen LogP contribution in [-0.2, 0) is 0 Å². The highest BCUT2D eigenvalue weighted by atomic mass is 14.8. The Morgan fingerprint density at radius 2 is 0.500 bits per heavy atom. The SMILES string of the molecule is c1ccc(-c2c3ccccc3nc3c2ccc2ccc(-c4ccc(-c5cc(-c6ccccn6)cc(-c6ccccn6)c5)cc4)nc23)cc1.c1ccc(-c2c3ccccc3nc3c2ccc2ccc(-c4ccc5cc(-c6cc(-c7ccccn7)cc(-c7ccccn7)c6)ccc5c4)nc23)cc1. The lowest BCUT2D eigenvalue weighted by Crippen LogP contribution is -1.93. The van der Waals surface area contributed by atoms with Gasteiger partial charge in [0.25, 0.3) is 0 Å². The summed E-state index contributed by atoms with van der Waals surface area (Å²) in [5.74, 6) is 0. The van der Waals surface area contributed by atoms with Crippen LogP contribution in [0.4, 0.5) is 0 Å². The lowest BCUT2D eigenvalue weighted by Gasteiger charge is -2.13. The van der Waals surface area contributed by atoms with E-state index in [1.54, 1.807) is 0 Å². The molecular weight excluding hydrogens is 1220 g/mol. The molecule has 0 radical (unpaired) electrons. The summed E-state index contributed by atoms with van der Waals surface area (Å²) in [7, 11) is 0. The highest BCUT2D eigenvalue weighted by Gasteiger charge is 2.19. The van der Waals surface area contributed by atoms with Crippen molar-refractivity contribution in [3.63, 3.8) is 0 Å². The molecule has 100 heavy (non-hydrogen) atoms. The third-order valence-corrected chi connectivity index (χ3v) is 18.8. The summed E-state index contributed by atoms with van der Waals surface area (Å²) in [5.41, 5.74) is 26.7. The first kappa shape index (κ1) is 59.0. The van der Waals surface area contributed by atoms with Crippen molar-refractivity contribution in [3.8, 4) is 112 Å². The summed E-state index contributed by atoms with van der Waals surface area (Å²) in [6.07, 6.45) is 7.34. The molecule has 8 aromatic heterocycles. The standard InChI is InChI=1S/C48H30N4.C44H28N4/c1-2-10-31(11-3-1)46-40-12-4-5-15-45(40)52-48-41(46)22-20-32-21-23-44(51-47(32)48)36-19-18-33-26-35(17-16-34(33)27-36)37-28-38(42-13-6-8-24-49-42)30-39(29-37)43-14-7-9-25-50-43;1-2-10-31(11-3-1)42-36-12-4-5-15-41(36)48-44-37(42)22-20-32-21-23-40(47-43(32)44)30-18-16-29(17-19-30)33-26-34(38-13-6-8-24-45-38)28-35(27-33)39-14-7-9-25-46-39/h1-30H;1-28H. The van der Waals surface area contributed by atoms with E-state index in [0.717, 1.165) is 166 Å². The van der Waals surface area contributed by atoms with E-state index in [4.69, 9.17) is 19.9 Å². The Bertz CT molecular complexity index is 6180. The number of rotatable bonds is 10. The number of hydrogen-bond acceptors (Lipinski definition) is 8. The largest absolute Gasteiger partial charge is 0.256 e. The van der Waals surface area contributed by atoms with Crippen molar-refractivity contribution in [1.29, 1.82) is 0 Å². The lowest BCUT2D eigenvalue weighted by atomic mass is 9.94. The van der Waals surface area contributed by atoms with E-state index in [9.17, 15) is 0 Å². The van der Waals surface area contributed by atoms with Crippen LogP contribution in [0.15, 0.2) is 352 Å². The minimum Gasteiger partial charge on any atom is -0.256 e. The molecule has 8 nitrogen and oxygen atoms in total. The van der Waals surface area contributed by atoms with Crippen LogP contribution in [0.25, 0.3) is 188 Å². The van der Waals surface area contributed by atoms with Gasteiger partial charge in [-0.3, -0.25) is 19.9 Å². The summed E-state index contributed by atoms with van der Waals surface area (Å²) in [6.45, 7) is 0. The fourth-order valence-electron chi connectivity index (χ4n) is 14.0. The predicted octanol–water partition coefficient (Wildman–Crippen LogP) is 23.3. The Morgan fingerprint density at radius 3 is 0.940 bits per heavy atom. The maximum atomic E-state index is 5.29. The molecule has 0 bridgehead atoms. The maximum Gasteiger partial charge on any atom is 0.0978 e. The Balaban J connectivity index is 0.000000145. The molecule has 466 valence electrons. The van der Waals surface area contributed by atoms with Gasteiger partial charge in [0.15, 0.2) is 0 Å². The number of para-hydroxylation sites is 2. The first-order chi connectivity index (χ1) is 49.5. The van der Waals surface area contributed by atoms with Gasteiger partial charge in [-0.1, -0.05) is 206 Å². The van der Waals surface area contributed by atoms with Gasteiger partial charge in [-0.15, -0.1) is 0 Å². The van der Waals surface area contributed by atoms with E-state index in [1.165, 1.54) is 22.3 Å². The molecule has 0 fully saturated rings. The minimum atomic E-state index is 0.903. The van der Waals surface area contributed by atoms with E-state index in [1.807, 2.05) is 104 Å². The van der Waals surface area contributed by atoms with Crippen LogP contribution in [0.1, 0.15) is 0 Å².